The van der Waals surface area contributed by atoms with Crippen LogP contribution in [-0.2, 0) is 19.1 Å². The summed E-state index contributed by atoms with van der Waals surface area (Å²) in [4.78, 5) is 22.8. The van der Waals surface area contributed by atoms with Gasteiger partial charge in [-0.05, 0) is 31.6 Å². The summed E-state index contributed by atoms with van der Waals surface area (Å²) in [5.74, 6) is -1.07. The van der Waals surface area contributed by atoms with Crippen LogP contribution in [0.25, 0.3) is 0 Å². The van der Waals surface area contributed by atoms with Gasteiger partial charge in [0, 0.05) is 18.8 Å². The topological polar surface area (TPSA) is 154 Å². The first-order valence-electron chi connectivity index (χ1n) is 9.66. The molecule has 160 valence electrons. The maximum absolute atomic E-state index is 11.9. The van der Waals surface area contributed by atoms with Gasteiger partial charge in [-0.25, -0.2) is 0 Å². The Morgan fingerprint density at radius 3 is 2.61 bits per heavy atom. The first kappa shape index (κ1) is 22.9. The van der Waals surface area contributed by atoms with Crippen LogP contribution in [0.15, 0.2) is 12.2 Å². The smallest absolute Gasteiger partial charge is 0.303 e. The maximum atomic E-state index is 11.9. The summed E-state index contributed by atoms with van der Waals surface area (Å²) < 4.78 is 10.6. The Kier molecular flexibility index (Phi) is 9.00. The van der Waals surface area contributed by atoms with Gasteiger partial charge in [-0.2, -0.15) is 0 Å². The van der Waals surface area contributed by atoms with Gasteiger partial charge in [0.1, 0.15) is 30.2 Å². The second kappa shape index (κ2) is 11.0. The number of carbonyl (C=O) groups is 2. The van der Waals surface area contributed by atoms with Crippen molar-refractivity contribution in [2.24, 2.45) is 11.8 Å². The maximum Gasteiger partial charge on any atom is 0.303 e. The summed E-state index contributed by atoms with van der Waals surface area (Å²) in [6.07, 6.45) is 0.277. The van der Waals surface area contributed by atoms with E-state index in [9.17, 15) is 24.9 Å². The average Bonchev–Trinajstić information content (AvgIpc) is 2.99. The van der Waals surface area contributed by atoms with E-state index in [0.717, 1.165) is 0 Å². The number of aliphatic hydroxyl groups is 4. The zero-order valence-electron chi connectivity index (χ0n) is 15.7. The highest BCUT2D eigenvalue weighted by molar-refractivity contribution is 5.84. The van der Waals surface area contributed by atoms with Gasteiger partial charge in [0.25, 0.3) is 0 Å². The number of allylic oxidation sites excluding steroid dienone is 2. The van der Waals surface area contributed by atoms with E-state index in [1.807, 2.05) is 12.2 Å². The molecule has 2 rings (SSSR count). The first-order chi connectivity index (χ1) is 13.3. The fourth-order valence-corrected chi connectivity index (χ4v) is 3.74. The van der Waals surface area contributed by atoms with Crippen LogP contribution in [0, 0.1) is 11.8 Å². The molecule has 7 atom stereocenters. The quantitative estimate of drug-likeness (QED) is 0.242. The molecule has 0 aromatic carbocycles. The molecule has 9 nitrogen and oxygen atoms in total. The molecule has 1 heterocycles. The van der Waals surface area contributed by atoms with Crippen molar-refractivity contribution < 1.29 is 44.6 Å². The highest BCUT2D eigenvalue weighted by atomic mass is 16.7. The van der Waals surface area contributed by atoms with Crippen LogP contribution in [0.2, 0.25) is 0 Å². The van der Waals surface area contributed by atoms with E-state index in [4.69, 9.17) is 19.7 Å². The van der Waals surface area contributed by atoms with Crippen LogP contribution in [0.5, 0.6) is 0 Å². The number of hydrogen-bond acceptors (Lipinski definition) is 8. The summed E-state index contributed by atoms with van der Waals surface area (Å²) in [6.45, 7) is -0.271. The number of ketones is 1. The van der Waals surface area contributed by atoms with Crippen molar-refractivity contribution in [1.29, 1.82) is 0 Å². The van der Waals surface area contributed by atoms with E-state index in [1.54, 1.807) is 0 Å². The number of carboxylic acid groups (broad SMARTS) is 1. The lowest BCUT2D eigenvalue weighted by Gasteiger charge is -2.39. The number of ether oxygens (including phenoxy) is 2. The minimum Gasteiger partial charge on any atom is -0.481 e. The van der Waals surface area contributed by atoms with Crippen LogP contribution < -0.4 is 0 Å². The summed E-state index contributed by atoms with van der Waals surface area (Å²) in [7, 11) is 0. The van der Waals surface area contributed by atoms with Crippen molar-refractivity contribution in [1.82, 2.24) is 0 Å². The van der Waals surface area contributed by atoms with Gasteiger partial charge in [-0.1, -0.05) is 12.2 Å². The predicted octanol–water partition coefficient (Wildman–Crippen LogP) is -0.401. The van der Waals surface area contributed by atoms with Gasteiger partial charge in [-0.3, -0.25) is 9.59 Å². The Morgan fingerprint density at radius 2 is 1.93 bits per heavy atom. The Morgan fingerprint density at radius 1 is 1.18 bits per heavy atom. The largest absolute Gasteiger partial charge is 0.481 e. The Balaban J connectivity index is 1.67. The molecule has 0 amide bonds. The number of hydrogen-bond donors (Lipinski definition) is 5. The van der Waals surface area contributed by atoms with Gasteiger partial charge in [0.05, 0.1) is 13.2 Å². The van der Waals surface area contributed by atoms with Crippen LogP contribution in [0.3, 0.4) is 0 Å². The SMILES string of the molecule is O=C(O)CC1CCC(=O)C1CC=CCCCOC1OC(CO)C(O)C(O)C1O. The van der Waals surface area contributed by atoms with Crippen molar-refractivity contribution in [2.45, 2.75) is 69.2 Å². The molecule has 2 aliphatic rings. The highest BCUT2D eigenvalue weighted by Gasteiger charge is 2.43. The third-order valence-corrected chi connectivity index (χ3v) is 5.38. The molecule has 28 heavy (non-hydrogen) atoms. The Labute approximate surface area is 163 Å². The molecule has 5 N–H and O–H groups in total. The molecule has 0 aromatic rings. The van der Waals surface area contributed by atoms with Gasteiger partial charge in [0.15, 0.2) is 6.29 Å². The number of aliphatic carboxylic acids is 1. The van der Waals surface area contributed by atoms with E-state index >= 15 is 0 Å². The molecule has 1 aliphatic heterocycles. The molecule has 1 aliphatic carbocycles. The number of carbonyl (C=O) groups excluding carboxylic acids is 1. The normalized spacial score (nSPS) is 36.3. The molecule has 0 spiro atoms. The number of aliphatic hydroxyl groups excluding tert-OH is 4. The lowest BCUT2D eigenvalue weighted by atomic mass is 9.89. The first-order valence-corrected chi connectivity index (χ1v) is 9.66. The summed E-state index contributed by atoms with van der Waals surface area (Å²) in [6, 6.07) is 0. The minimum absolute atomic E-state index is 0.0250. The van der Waals surface area contributed by atoms with Crippen molar-refractivity contribution in [3.05, 3.63) is 12.2 Å². The van der Waals surface area contributed by atoms with Crippen LogP contribution in [0.4, 0.5) is 0 Å². The van der Waals surface area contributed by atoms with E-state index < -0.39 is 43.3 Å². The molecule has 2 fully saturated rings. The molecule has 0 radical (unpaired) electrons. The van der Waals surface area contributed by atoms with Gasteiger partial charge in [-0.15, -0.1) is 0 Å². The second-order valence-electron chi connectivity index (χ2n) is 7.39. The van der Waals surface area contributed by atoms with Gasteiger partial charge < -0.3 is 35.0 Å². The Hall–Kier alpha value is -1.36. The lowest BCUT2D eigenvalue weighted by molar-refractivity contribution is -0.301. The van der Waals surface area contributed by atoms with E-state index in [1.165, 1.54) is 0 Å². The molecule has 7 unspecified atom stereocenters. The predicted molar refractivity (Wildman–Crippen MR) is 96.2 cm³/mol. The summed E-state index contributed by atoms with van der Waals surface area (Å²) in [5.41, 5.74) is 0. The van der Waals surface area contributed by atoms with Crippen molar-refractivity contribution in [3.63, 3.8) is 0 Å². The number of rotatable bonds is 10. The average molecular weight is 402 g/mol. The zero-order valence-corrected chi connectivity index (χ0v) is 15.7. The Bertz CT molecular complexity index is 548. The highest BCUT2D eigenvalue weighted by Crippen LogP contribution is 2.34. The molecular formula is C19H30O9. The third kappa shape index (κ3) is 6.07. The number of Topliss-reactive ketones (excluding diaryl/α,β-unsaturated/α-hetero) is 1. The van der Waals surface area contributed by atoms with Crippen LogP contribution in [-0.4, -0.2) is 81.2 Å². The molecule has 0 bridgehead atoms. The summed E-state index contributed by atoms with van der Waals surface area (Å²) in [5, 5.41) is 47.3. The summed E-state index contributed by atoms with van der Waals surface area (Å²) >= 11 is 0. The molecule has 0 aromatic heterocycles. The minimum atomic E-state index is -1.46. The fraction of sp³-hybridized carbons (Fsp3) is 0.789. The molecular weight excluding hydrogens is 372 g/mol. The van der Waals surface area contributed by atoms with Crippen molar-refractivity contribution in [2.75, 3.05) is 13.2 Å². The van der Waals surface area contributed by atoms with E-state index in [-0.39, 0.29) is 30.6 Å². The fourth-order valence-electron chi connectivity index (χ4n) is 3.74. The molecule has 9 heteroatoms. The standard InChI is InChI=1S/C19H30O9/c20-10-14-16(24)17(25)18(26)19(28-14)27-8-4-2-1-3-5-12-11(9-15(22)23)6-7-13(12)21/h1,3,11-12,14,16-20,24-26H,2,4-10H2,(H,22,23). The lowest BCUT2D eigenvalue weighted by Crippen LogP contribution is -2.59. The van der Waals surface area contributed by atoms with Gasteiger partial charge in [0.2, 0.25) is 0 Å². The van der Waals surface area contributed by atoms with Gasteiger partial charge >= 0.3 is 5.97 Å². The number of unbranched alkanes of at least 4 members (excludes halogenated alkanes) is 1. The van der Waals surface area contributed by atoms with Crippen molar-refractivity contribution >= 4 is 11.8 Å². The van der Waals surface area contributed by atoms with Crippen molar-refractivity contribution in [3.8, 4) is 0 Å². The molecule has 1 saturated carbocycles. The van der Waals surface area contributed by atoms with Crippen LogP contribution >= 0.6 is 0 Å². The van der Waals surface area contributed by atoms with Crippen LogP contribution in [0.1, 0.15) is 38.5 Å². The van der Waals surface area contributed by atoms with E-state index in [0.29, 0.717) is 32.1 Å². The van der Waals surface area contributed by atoms with E-state index in [2.05, 4.69) is 0 Å². The number of carboxylic acids is 1. The zero-order chi connectivity index (χ0) is 20.7. The molecule has 1 saturated heterocycles. The monoisotopic (exact) mass is 402 g/mol. The second-order valence-corrected chi connectivity index (χ2v) is 7.39. The third-order valence-electron chi connectivity index (χ3n) is 5.38.